The van der Waals surface area contributed by atoms with Gasteiger partial charge >= 0.3 is 0 Å². The Morgan fingerprint density at radius 2 is 2.00 bits per heavy atom. The average Bonchev–Trinajstić information content (AvgIpc) is 2.46. The molecule has 3 aliphatic rings. The van der Waals surface area contributed by atoms with Gasteiger partial charge in [-0.1, -0.05) is 17.7 Å². The Kier molecular flexibility index (Phi) is 4.20. The molecule has 8 heteroatoms. The summed E-state index contributed by atoms with van der Waals surface area (Å²) < 4.78 is 40.7. The van der Waals surface area contributed by atoms with Gasteiger partial charge in [-0.25, -0.2) is 17.5 Å². The van der Waals surface area contributed by atoms with Gasteiger partial charge in [0, 0.05) is 45.3 Å². The van der Waals surface area contributed by atoms with Crippen LogP contribution in [-0.2, 0) is 10.0 Å². The molecular weight excluding hydrogens is 317 g/mol. The minimum Gasteiger partial charge on any atom is -0.299 e. The molecule has 0 spiro atoms. The van der Waals surface area contributed by atoms with Crippen molar-refractivity contribution in [2.24, 2.45) is 0 Å². The lowest BCUT2D eigenvalue weighted by Gasteiger charge is -2.47. The zero-order chi connectivity index (χ0) is 15.0. The zero-order valence-corrected chi connectivity index (χ0v) is 13.0. The predicted octanol–water partition coefficient (Wildman–Crippen LogP) is 0.757. The van der Waals surface area contributed by atoms with Crippen molar-refractivity contribution < 1.29 is 12.8 Å². The van der Waals surface area contributed by atoms with Gasteiger partial charge in [-0.3, -0.25) is 9.80 Å². The maximum Gasteiger partial charge on any atom is 0.245 e. The van der Waals surface area contributed by atoms with E-state index in [1.165, 1.54) is 12.1 Å². The third-order valence-corrected chi connectivity index (χ3v) is 6.01. The minimum absolute atomic E-state index is 0.100. The maximum absolute atomic E-state index is 13.7. The molecule has 1 aromatic rings. The van der Waals surface area contributed by atoms with Gasteiger partial charge in [-0.15, -0.1) is 0 Å². The van der Waals surface area contributed by atoms with Crippen LogP contribution in [0.5, 0.6) is 0 Å². The van der Waals surface area contributed by atoms with Gasteiger partial charge in [0.2, 0.25) is 10.0 Å². The topological polar surface area (TPSA) is 52.7 Å². The molecule has 21 heavy (non-hydrogen) atoms. The van der Waals surface area contributed by atoms with Crippen molar-refractivity contribution in [1.82, 2.24) is 14.5 Å². The Morgan fingerprint density at radius 3 is 2.57 bits per heavy atom. The van der Waals surface area contributed by atoms with Crippen LogP contribution < -0.4 is 4.72 Å². The maximum atomic E-state index is 13.7. The van der Waals surface area contributed by atoms with E-state index in [0.717, 1.165) is 38.8 Å². The Bertz CT molecular complexity index is 612. The van der Waals surface area contributed by atoms with E-state index in [-0.39, 0.29) is 17.6 Å². The lowest BCUT2D eigenvalue weighted by atomic mass is 10.1. The quantitative estimate of drug-likeness (QED) is 0.884. The number of sulfonamides is 1. The highest BCUT2D eigenvalue weighted by Gasteiger charge is 2.33. The van der Waals surface area contributed by atoms with E-state index in [2.05, 4.69) is 14.5 Å². The number of nitrogens with one attached hydrogen (secondary N) is 1. The van der Waals surface area contributed by atoms with E-state index in [9.17, 15) is 12.8 Å². The molecule has 0 aromatic heterocycles. The van der Waals surface area contributed by atoms with E-state index >= 15 is 0 Å². The predicted molar refractivity (Wildman–Crippen MR) is 78.4 cm³/mol. The average molecular weight is 334 g/mol. The molecule has 1 aromatic carbocycles. The standard InChI is InChI=1S/C13H17ClFN3O2S/c14-11-2-1-3-12(15)13(11)21(19,20)16-8-10-9-17-4-6-18(10)7-5-17/h1-3,10,16H,4-9H2. The number of piperazine rings is 3. The van der Waals surface area contributed by atoms with Crippen molar-refractivity contribution in [2.45, 2.75) is 10.9 Å². The molecule has 3 saturated heterocycles. The normalized spacial score (nSPS) is 28.8. The molecule has 3 fully saturated rings. The van der Waals surface area contributed by atoms with E-state index < -0.39 is 20.7 Å². The first-order valence-corrected chi connectivity index (χ1v) is 8.73. The number of hydrogen-bond acceptors (Lipinski definition) is 4. The summed E-state index contributed by atoms with van der Waals surface area (Å²) in [5, 5.41) is -0.100. The molecule has 0 radical (unpaired) electrons. The third kappa shape index (κ3) is 3.07. The highest BCUT2D eigenvalue weighted by Crippen LogP contribution is 2.24. The fraction of sp³-hybridized carbons (Fsp3) is 0.538. The van der Waals surface area contributed by atoms with Gasteiger partial charge in [-0.05, 0) is 12.1 Å². The van der Waals surface area contributed by atoms with Crippen molar-refractivity contribution in [1.29, 1.82) is 0 Å². The SMILES string of the molecule is O=S(=O)(NCC1CN2CCN1CC2)c1c(F)cccc1Cl. The molecule has 3 aliphatic heterocycles. The summed E-state index contributed by atoms with van der Waals surface area (Å²) in [5.41, 5.74) is 0. The smallest absolute Gasteiger partial charge is 0.245 e. The van der Waals surface area contributed by atoms with Gasteiger partial charge in [0.15, 0.2) is 0 Å². The highest BCUT2D eigenvalue weighted by atomic mass is 35.5. The Balaban J connectivity index is 1.72. The van der Waals surface area contributed by atoms with Crippen LogP contribution in [0, 0.1) is 5.82 Å². The second kappa shape index (κ2) is 5.81. The molecule has 0 saturated carbocycles. The molecule has 3 heterocycles. The molecule has 2 bridgehead atoms. The van der Waals surface area contributed by atoms with E-state index in [4.69, 9.17) is 11.6 Å². The molecular formula is C13H17ClFN3O2S. The Hall–Kier alpha value is -0.730. The first-order valence-electron chi connectivity index (χ1n) is 6.87. The summed E-state index contributed by atoms with van der Waals surface area (Å²) in [6, 6.07) is 3.98. The van der Waals surface area contributed by atoms with Crippen molar-refractivity contribution >= 4 is 21.6 Å². The largest absolute Gasteiger partial charge is 0.299 e. The number of rotatable bonds is 4. The van der Waals surface area contributed by atoms with Crippen LogP contribution in [0.3, 0.4) is 0 Å². The van der Waals surface area contributed by atoms with Crippen molar-refractivity contribution in [3.05, 3.63) is 29.0 Å². The number of nitrogens with zero attached hydrogens (tertiary/aromatic N) is 2. The molecule has 0 aliphatic carbocycles. The molecule has 5 nitrogen and oxygen atoms in total. The van der Waals surface area contributed by atoms with Crippen LogP contribution in [-0.4, -0.2) is 63.5 Å². The summed E-state index contributed by atoms with van der Waals surface area (Å²) in [6.07, 6.45) is 0. The van der Waals surface area contributed by atoms with Crippen molar-refractivity contribution in [2.75, 3.05) is 39.3 Å². The summed E-state index contributed by atoms with van der Waals surface area (Å²) in [4.78, 5) is 4.11. The summed E-state index contributed by atoms with van der Waals surface area (Å²) in [5.74, 6) is -0.829. The van der Waals surface area contributed by atoms with Crippen LogP contribution in [0.1, 0.15) is 0 Å². The van der Waals surface area contributed by atoms with Gasteiger partial charge < -0.3 is 0 Å². The molecule has 1 unspecified atom stereocenters. The van der Waals surface area contributed by atoms with Crippen LogP contribution in [0.4, 0.5) is 4.39 Å². The first-order chi connectivity index (χ1) is 9.97. The number of halogens is 2. The fourth-order valence-electron chi connectivity index (χ4n) is 2.94. The van der Waals surface area contributed by atoms with Gasteiger partial charge in [0.05, 0.1) is 5.02 Å². The van der Waals surface area contributed by atoms with E-state index in [0.29, 0.717) is 0 Å². The minimum atomic E-state index is -3.94. The molecule has 1 atom stereocenters. The summed E-state index contributed by atoms with van der Waals surface area (Å²) in [6.45, 7) is 5.07. The van der Waals surface area contributed by atoms with Crippen molar-refractivity contribution in [3.8, 4) is 0 Å². The molecule has 0 amide bonds. The van der Waals surface area contributed by atoms with Crippen LogP contribution in [0.2, 0.25) is 5.02 Å². The zero-order valence-electron chi connectivity index (χ0n) is 11.4. The molecule has 116 valence electrons. The van der Waals surface area contributed by atoms with Crippen LogP contribution in [0.15, 0.2) is 23.1 Å². The number of hydrogen-bond donors (Lipinski definition) is 1. The van der Waals surface area contributed by atoms with Crippen molar-refractivity contribution in [3.63, 3.8) is 0 Å². The van der Waals surface area contributed by atoms with E-state index in [1.807, 2.05) is 0 Å². The third-order valence-electron chi connectivity index (χ3n) is 4.09. The van der Waals surface area contributed by atoms with Gasteiger partial charge in [-0.2, -0.15) is 0 Å². The second-order valence-corrected chi connectivity index (χ2v) is 7.50. The van der Waals surface area contributed by atoms with Crippen LogP contribution in [0.25, 0.3) is 0 Å². The molecule has 4 rings (SSSR count). The fourth-order valence-corrected chi connectivity index (χ4v) is 4.61. The van der Waals surface area contributed by atoms with Crippen LogP contribution >= 0.6 is 11.6 Å². The Labute approximate surface area is 128 Å². The van der Waals surface area contributed by atoms with Gasteiger partial charge in [0.1, 0.15) is 10.7 Å². The monoisotopic (exact) mass is 333 g/mol. The Morgan fingerprint density at radius 1 is 1.29 bits per heavy atom. The lowest BCUT2D eigenvalue weighted by Crippen LogP contribution is -2.63. The number of fused-ring (bicyclic) bond motifs is 3. The lowest BCUT2D eigenvalue weighted by molar-refractivity contribution is 0.0158. The first kappa shape index (κ1) is 15.2. The van der Waals surface area contributed by atoms with Gasteiger partial charge in [0.25, 0.3) is 0 Å². The second-order valence-electron chi connectivity index (χ2n) is 5.39. The highest BCUT2D eigenvalue weighted by molar-refractivity contribution is 7.89. The number of benzene rings is 1. The summed E-state index contributed by atoms with van der Waals surface area (Å²) in [7, 11) is -3.94. The summed E-state index contributed by atoms with van der Waals surface area (Å²) >= 11 is 5.82. The molecule has 1 N–H and O–H groups in total. The van der Waals surface area contributed by atoms with E-state index in [1.54, 1.807) is 0 Å².